The monoisotopic (exact) mass is 422 g/mol. The molecule has 0 radical (unpaired) electrons. The third-order valence-corrected chi connectivity index (χ3v) is 5.35. The summed E-state index contributed by atoms with van der Waals surface area (Å²) in [5, 5.41) is 6.10. The van der Waals surface area contributed by atoms with Gasteiger partial charge in [0.2, 0.25) is 11.8 Å². The van der Waals surface area contributed by atoms with Crippen molar-refractivity contribution in [2.45, 2.75) is 25.4 Å². The van der Waals surface area contributed by atoms with E-state index in [4.69, 9.17) is 0 Å². The molecule has 0 saturated heterocycles. The van der Waals surface area contributed by atoms with E-state index in [9.17, 15) is 18.0 Å². The number of pyridine rings is 1. The molecule has 6 nitrogen and oxygen atoms in total. The normalized spacial score (nSPS) is 14.2. The highest BCUT2D eigenvalue weighted by Crippen LogP contribution is 2.36. The molecule has 1 amide bonds. The number of aryl methyl sites for hydroxylation is 1. The maximum atomic E-state index is 12.4. The molecular formula is C19H17F3N4O2S. The lowest BCUT2D eigenvalue weighted by atomic mass is 9.97. The number of aromatic nitrogens is 3. The fourth-order valence-corrected chi connectivity index (χ4v) is 3.84. The predicted octanol–water partition coefficient (Wildman–Crippen LogP) is 4.09. The second-order valence-electron chi connectivity index (χ2n) is 6.75. The maximum Gasteiger partial charge on any atom is 0.479 e. The fraction of sp³-hybridized carbons (Fsp3) is 0.316. The number of hydrogen-bond acceptors (Lipinski definition) is 5. The number of benzene rings is 1. The molecule has 0 unspecified atom stereocenters. The van der Waals surface area contributed by atoms with Gasteiger partial charge in [-0.25, -0.2) is 4.98 Å². The minimum atomic E-state index is -4.51. The van der Waals surface area contributed by atoms with Crippen LogP contribution in [0, 0.1) is 0 Å². The first-order valence-electron chi connectivity index (χ1n) is 8.85. The Morgan fingerprint density at radius 2 is 2.10 bits per heavy atom. The van der Waals surface area contributed by atoms with Crippen molar-refractivity contribution in [3.8, 4) is 17.1 Å². The molecule has 0 aliphatic carbocycles. The summed E-state index contributed by atoms with van der Waals surface area (Å²) in [6.45, 7) is 2.67. The third kappa shape index (κ3) is 3.89. The number of halogens is 3. The molecule has 4 rings (SSSR count). The van der Waals surface area contributed by atoms with E-state index in [1.54, 1.807) is 17.9 Å². The van der Waals surface area contributed by atoms with Gasteiger partial charge in [-0.05, 0) is 5.39 Å². The van der Waals surface area contributed by atoms with Crippen molar-refractivity contribution in [3.63, 3.8) is 0 Å². The number of rotatable bonds is 3. The highest BCUT2D eigenvalue weighted by Gasteiger charge is 2.32. The van der Waals surface area contributed by atoms with Crippen molar-refractivity contribution < 1.29 is 22.1 Å². The molecule has 152 valence electrons. The van der Waals surface area contributed by atoms with E-state index in [1.165, 1.54) is 12.3 Å². The van der Waals surface area contributed by atoms with Crippen molar-refractivity contribution >= 4 is 28.7 Å². The minimum Gasteiger partial charge on any atom is -0.397 e. The van der Waals surface area contributed by atoms with E-state index < -0.39 is 17.6 Å². The van der Waals surface area contributed by atoms with Crippen LogP contribution in [0.5, 0.6) is 5.88 Å². The lowest BCUT2D eigenvalue weighted by Gasteiger charge is -2.26. The summed E-state index contributed by atoms with van der Waals surface area (Å²) in [6, 6.07) is 6.95. The minimum absolute atomic E-state index is 0.00833. The van der Waals surface area contributed by atoms with Crippen LogP contribution in [0.2, 0.25) is 0 Å². The number of carbonyl (C=O) groups excluding carboxylic acids is 1. The van der Waals surface area contributed by atoms with Crippen molar-refractivity contribution in [1.29, 1.82) is 0 Å². The average molecular weight is 422 g/mol. The summed E-state index contributed by atoms with van der Waals surface area (Å²) in [4.78, 5) is 17.6. The molecule has 3 heterocycles. The maximum absolute atomic E-state index is 12.4. The molecule has 2 aromatic heterocycles. The summed E-state index contributed by atoms with van der Waals surface area (Å²) in [7, 11) is 1.87. The van der Waals surface area contributed by atoms with Gasteiger partial charge in [-0.2, -0.15) is 18.3 Å². The van der Waals surface area contributed by atoms with Crippen LogP contribution in [0.1, 0.15) is 18.2 Å². The fourth-order valence-electron chi connectivity index (χ4n) is 3.57. The smallest absolute Gasteiger partial charge is 0.397 e. The second-order valence-corrected chi connectivity index (χ2v) is 7.55. The lowest BCUT2D eigenvalue weighted by molar-refractivity contribution is -0.129. The molecule has 0 fully saturated rings. The van der Waals surface area contributed by atoms with E-state index in [0.29, 0.717) is 24.9 Å². The lowest BCUT2D eigenvalue weighted by Crippen LogP contribution is -2.34. The Morgan fingerprint density at radius 1 is 1.31 bits per heavy atom. The Labute approximate surface area is 168 Å². The molecule has 0 N–H and O–H groups in total. The van der Waals surface area contributed by atoms with Crippen LogP contribution in [0.15, 0.2) is 30.5 Å². The van der Waals surface area contributed by atoms with Gasteiger partial charge in [-0.3, -0.25) is 9.48 Å². The highest BCUT2D eigenvalue weighted by atomic mass is 32.2. The van der Waals surface area contributed by atoms with Crippen LogP contribution in [-0.4, -0.2) is 37.6 Å². The second kappa shape index (κ2) is 7.25. The zero-order valence-electron chi connectivity index (χ0n) is 15.7. The van der Waals surface area contributed by atoms with Crippen LogP contribution in [0.3, 0.4) is 0 Å². The van der Waals surface area contributed by atoms with Gasteiger partial charge in [0.1, 0.15) is 0 Å². The van der Waals surface area contributed by atoms with Crippen molar-refractivity contribution in [1.82, 2.24) is 19.7 Å². The molecule has 10 heteroatoms. The summed E-state index contributed by atoms with van der Waals surface area (Å²) in [5.41, 5.74) is -0.890. The zero-order chi connectivity index (χ0) is 20.8. The van der Waals surface area contributed by atoms with E-state index in [0.717, 1.165) is 27.9 Å². The molecule has 1 aliphatic heterocycles. The van der Waals surface area contributed by atoms with Gasteiger partial charge in [0.05, 0.1) is 5.69 Å². The van der Waals surface area contributed by atoms with E-state index in [-0.39, 0.29) is 11.8 Å². The summed E-state index contributed by atoms with van der Waals surface area (Å²) < 4.78 is 43.6. The van der Waals surface area contributed by atoms with Crippen LogP contribution >= 0.6 is 12.0 Å². The third-order valence-electron chi connectivity index (χ3n) is 4.90. The predicted molar refractivity (Wildman–Crippen MR) is 103 cm³/mol. The molecule has 1 aliphatic rings. The van der Waals surface area contributed by atoms with Gasteiger partial charge in [-0.15, -0.1) is 0 Å². The van der Waals surface area contributed by atoms with Crippen LogP contribution in [0.25, 0.3) is 22.0 Å². The molecular weight excluding hydrogens is 405 g/mol. The summed E-state index contributed by atoms with van der Waals surface area (Å²) in [6.07, 6.45) is 2.21. The zero-order valence-corrected chi connectivity index (χ0v) is 16.5. The number of hydrogen-bond donors (Lipinski definition) is 0. The standard InChI is InChI=1S/C19H17F3N4O2S/c1-11(27)26-7-6-16-15(10-26)18(24-25(16)2)13-5-3-4-12-8-17(23-9-14(12)13)28-29-19(20,21)22/h3-5,8-9H,6-7,10H2,1-2H3. The Morgan fingerprint density at radius 3 is 2.83 bits per heavy atom. The number of amides is 1. The average Bonchev–Trinajstić information content (AvgIpc) is 3.01. The summed E-state index contributed by atoms with van der Waals surface area (Å²) in [5.74, 6) is -0.114. The van der Waals surface area contributed by atoms with Gasteiger partial charge < -0.3 is 9.08 Å². The molecule has 0 spiro atoms. The Hall–Kier alpha value is -2.75. The van der Waals surface area contributed by atoms with Gasteiger partial charge in [-0.1, -0.05) is 18.2 Å². The number of alkyl halides is 3. The van der Waals surface area contributed by atoms with Gasteiger partial charge >= 0.3 is 5.51 Å². The first-order chi connectivity index (χ1) is 13.7. The van der Waals surface area contributed by atoms with Crippen LogP contribution < -0.4 is 4.18 Å². The SMILES string of the molecule is CC(=O)N1CCc2c(c(-c3cccc4cc(OSC(F)(F)F)ncc34)nn2C)C1. The van der Waals surface area contributed by atoms with Crippen LogP contribution in [-0.2, 0) is 24.8 Å². The highest BCUT2D eigenvalue weighted by molar-refractivity contribution is 7.95. The summed E-state index contributed by atoms with van der Waals surface area (Å²) >= 11 is -0.595. The first kappa shape index (κ1) is 19.6. The van der Waals surface area contributed by atoms with Gasteiger partial charge in [0.15, 0.2) is 12.0 Å². The molecule has 1 aromatic carbocycles. The Balaban J connectivity index is 1.75. The molecule has 29 heavy (non-hydrogen) atoms. The van der Waals surface area contributed by atoms with Gasteiger partial charge in [0, 0.05) is 68.0 Å². The topological polar surface area (TPSA) is 60.3 Å². The molecule has 0 bridgehead atoms. The molecule has 0 saturated carbocycles. The van der Waals surface area contributed by atoms with Crippen molar-refractivity contribution in [2.24, 2.45) is 7.05 Å². The van der Waals surface area contributed by atoms with Crippen LogP contribution in [0.4, 0.5) is 13.2 Å². The number of fused-ring (bicyclic) bond motifs is 2. The van der Waals surface area contributed by atoms with Crippen molar-refractivity contribution in [3.05, 3.63) is 41.7 Å². The largest absolute Gasteiger partial charge is 0.479 e. The van der Waals surface area contributed by atoms with E-state index in [2.05, 4.69) is 14.3 Å². The van der Waals surface area contributed by atoms with E-state index in [1.807, 2.05) is 23.9 Å². The van der Waals surface area contributed by atoms with Gasteiger partial charge in [0.25, 0.3) is 0 Å². The molecule has 0 atom stereocenters. The Kier molecular flexibility index (Phi) is 4.89. The quantitative estimate of drug-likeness (QED) is 0.595. The number of nitrogens with zero attached hydrogens (tertiary/aromatic N) is 4. The van der Waals surface area contributed by atoms with E-state index >= 15 is 0 Å². The van der Waals surface area contributed by atoms with Crippen molar-refractivity contribution in [2.75, 3.05) is 6.54 Å². The molecule has 3 aromatic rings. The first-order valence-corrected chi connectivity index (χ1v) is 9.59. The Bertz CT molecular complexity index is 1100. The number of carbonyl (C=O) groups is 1.